The molecule has 0 unspecified atom stereocenters. The van der Waals surface area contributed by atoms with Gasteiger partial charge < -0.3 is 59.9 Å². The zero-order chi connectivity index (χ0) is 61.0. The van der Waals surface area contributed by atoms with Crippen LogP contribution in [0.2, 0.25) is 0 Å². The molecule has 0 bridgehead atoms. The molecule has 0 saturated carbocycles. The fourth-order valence-corrected chi connectivity index (χ4v) is 12.1. The van der Waals surface area contributed by atoms with E-state index in [2.05, 4.69) is 30.3 Å². The van der Waals surface area contributed by atoms with E-state index >= 15 is 0 Å². The molecule has 2 saturated heterocycles. The van der Waals surface area contributed by atoms with Crippen LogP contribution in [0.1, 0.15) is 90.8 Å². The summed E-state index contributed by atoms with van der Waals surface area (Å²) in [6.45, 7) is 9.64. The van der Waals surface area contributed by atoms with Crippen LogP contribution in [0, 0.1) is 34.5 Å². The van der Waals surface area contributed by atoms with E-state index in [1.54, 1.807) is 60.7 Å². The van der Waals surface area contributed by atoms with Crippen LogP contribution in [0.4, 0.5) is 11.6 Å². The number of benzene rings is 2. The molecular weight excluding hydrogens is 1130 g/mol. The van der Waals surface area contributed by atoms with E-state index in [-0.39, 0.29) is 48.2 Å². The van der Waals surface area contributed by atoms with Gasteiger partial charge in [-0.15, -0.1) is 0 Å². The lowest BCUT2D eigenvalue weighted by Crippen LogP contribution is -2.46. The lowest BCUT2D eigenvalue weighted by Gasteiger charge is -2.28. The zero-order valence-electron chi connectivity index (χ0n) is 47.0. The van der Waals surface area contributed by atoms with Crippen LogP contribution in [-0.2, 0) is 46.7 Å². The zero-order valence-corrected chi connectivity index (χ0v) is 48.8. The summed E-state index contributed by atoms with van der Waals surface area (Å²) >= 11 is 0. The van der Waals surface area contributed by atoms with Crippen molar-refractivity contribution in [2.75, 3.05) is 37.9 Å². The number of nitriles is 2. The maximum Gasteiger partial charge on any atom is 0.459 e. The maximum absolute atomic E-state index is 14.0. The third kappa shape index (κ3) is 14.7. The van der Waals surface area contributed by atoms with E-state index in [4.69, 9.17) is 48.5 Å². The van der Waals surface area contributed by atoms with Gasteiger partial charge in [0.2, 0.25) is 11.2 Å². The standard InChI is InChI=1S/2C27H35N6O8P/c2*1-4-18(5-2)13-38-26(36)17(3)32-42(37,41-19-9-7-6-8-10-19)39-15-27(14-28)24(35)22(34)23(40-27)20-11-12-21-25(29)30-16-31-33(20)21/h2*6-12,16-18,22-24,34-35H,4-5,13,15H2,1-3H3,(H,32,37)(H2,29,30,31)/t17-,22+,23+,24+,27-,42+;17-,22+,23+,24+,27-,42-/m11/s1. The number of carbonyl (C=O) groups excluding carboxylic acids is 2. The fourth-order valence-electron chi connectivity index (χ4n) is 9.01. The Kier molecular flexibility index (Phi) is 21.6. The van der Waals surface area contributed by atoms with Crippen LogP contribution in [0.15, 0.2) is 97.6 Å². The van der Waals surface area contributed by atoms with Gasteiger partial charge in [-0.1, -0.05) is 89.8 Å². The Bertz CT molecular complexity index is 3140. The number of aliphatic hydroxyl groups excluding tert-OH is 4. The molecule has 0 amide bonds. The largest absolute Gasteiger partial charge is 0.464 e. The summed E-state index contributed by atoms with van der Waals surface area (Å²) in [4.78, 5) is 33.2. The SMILES string of the molecule is CCC(CC)COC(=O)[C@@H](C)N[P@@](=O)(OC[C@@]1(C#N)O[C@@H](c2ccc3c(N)ncnn23)[C@H](O)[C@@H]1O)Oc1ccccc1.CCC(CC)COC(=O)[C@@H](C)N[P@](=O)(OC[C@@]1(C#N)O[C@@H](c2ccc3c(N)ncnn23)[C@H](O)[C@@H]1O)Oc1ccccc1. The highest BCUT2D eigenvalue weighted by molar-refractivity contribution is 7.52. The van der Waals surface area contributed by atoms with Crippen molar-refractivity contribution >= 4 is 50.1 Å². The molecular formula is C54H70N12O16P2. The molecule has 0 spiro atoms. The average molecular weight is 1210 g/mol. The van der Waals surface area contributed by atoms with Crippen molar-refractivity contribution in [1.82, 2.24) is 39.4 Å². The number of hydrogen-bond acceptors (Lipinski definition) is 24. The molecule has 2 aliphatic rings. The number of rotatable bonds is 26. The summed E-state index contributed by atoms with van der Waals surface area (Å²) in [7, 11) is -8.82. The monoisotopic (exact) mass is 1200 g/mol. The molecule has 28 nitrogen and oxygen atoms in total. The first-order valence-corrected chi connectivity index (χ1v) is 30.1. The second kappa shape index (κ2) is 28.2. The van der Waals surface area contributed by atoms with Crippen molar-refractivity contribution in [1.29, 1.82) is 10.5 Å². The Labute approximate surface area is 484 Å². The summed E-state index contributed by atoms with van der Waals surface area (Å²) in [6, 6.07) is 23.9. The number of carbonyl (C=O) groups is 2. The second-order valence-corrected chi connectivity index (χ2v) is 23.4. The van der Waals surface area contributed by atoms with E-state index in [0.29, 0.717) is 22.4 Å². The van der Waals surface area contributed by atoms with Crippen LogP contribution in [-0.4, -0.2) is 136 Å². The van der Waals surface area contributed by atoms with Gasteiger partial charge >= 0.3 is 27.4 Å². The molecule has 4 aromatic heterocycles. The number of nitrogens with zero attached hydrogens (tertiary/aromatic N) is 8. The number of anilines is 2. The average Bonchev–Trinajstić information content (AvgIpc) is 4.46. The molecule has 2 aliphatic heterocycles. The van der Waals surface area contributed by atoms with Crippen LogP contribution >= 0.6 is 15.5 Å². The summed E-state index contributed by atoms with van der Waals surface area (Å²) in [5.74, 6) is -0.326. The van der Waals surface area contributed by atoms with Crippen molar-refractivity contribution in [3.63, 3.8) is 0 Å². The van der Waals surface area contributed by atoms with E-state index in [1.807, 2.05) is 39.8 Å². The number of nitrogens with two attached hydrogens (primary N) is 2. The Hall–Kier alpha value is -7.14. The molecule has 0 aliphatic carbocycles. The fraction of sp³-hybridized carbons (Fsp3) is 0.481. The highest BCUT2D eigenvalue weighted by Gasteiger charge is 2.59. The van der Waals surface area contributed by atoms with Crippen molar-refractivity contribution in [2.24, 2.45) is 11.8 Å². The normalized spacial score (nSPS) is 24.3. The molecule has 2 fully saturated rings. The van der Waals surface area contributed by atoms with Crippen molar-refractivity contribution in [3.05, 3.63) is 109 Å². The summed E-state index contributed by atoms with van der Waals surface area (Å²) in [5, 5.41) is 77.3. The molecule has 0 radical (unpaired) electrons. The van der Waals surface area contributed by atoms with Gasteiger partial charge in [-0.25, -0.2) is 28.1 Å². The number of esters is 2. The van der Waals surface area contributed by atoms with Gasteiger partial charge in [-0.3, -0.25) is 18.6 Å². The highest BCUT2D eigenvalue weighted by Crippen LogP contribution is 2.50. The first kappa shape index (κ1) is 64.4. The number of aromatic nitrogens is 6. The first-order chi connectivity index (χ1) is 40.1. The Morgan fingerprint density at radius 1 is 0.631 bits per heavy atom. The minimum atomic E-state index is -4.41. The number of nitrogens with one attached hydrogen (secondary N) is 2. The molecule has 452 valence electrons. The van der Waals surface area contributed by atoms with Gasteiger partial charge in [0.05, 0.1) is 24.6 Å². The third-order valence-electron chi connectivity index (χ3n) is 14.4. The van der Waals surface area contributed by atoms with E-state index in [1.165, 1.54) is 59.8 Å². The van der Waals surface area contributed by atoms with Gasteiger partial charge in [-0.05, 0) is 74.2 Å². The van der Waals surface area contributed by atoms with Crippen LogP contribution in [0.5, 0.6) is 11.5 Å². The second-order valence-electron chi connectivity index (χ2n) is 20.0. The molecule has 12 atom stereocenters. The molecule has 6 aromatic rings. The number of hydrogen-bond donors (Lipinski definition) is 8. The molecule has 6 heterocycles. The Morgan fingerprint density at radius 3 is 1.32 bits per heavy atom. The minimum Gasteiger partial charge on any atom is -0.464 e. The van der Waals surface area contributed by atoms with Gasteiger partial charge in [0, 0.05) is 0 Å². The number of ether oxygens (including phenoxy) is 4. The van der Waals surface area contributed by atoms with Crippen LogP contribution < -0.4 is 30.7 Å². The van der Waals surface area contributed by atoms with Crippen molar-refractivity contribution in [2.45, 2.75) is 127 Å². The molecule has 8 rings (SSSR count). The summed E-state index contributed by atoms with van der Waals surface area (Å²) in [6.07, 6.45) is -3.49. The number of aliphatic hydroxyl groups is 4. The van der Waals surface area contributed by atoms with Crippen molar-refractivity contribution in [3.8, 4) is 23.6 Å². The quantitative estimate of drug-likeness (QED) is 0.0260. The van der Waals surface area contributed by atoms with Crippen LogP contribution in [0.25, 0.3) is 11.0 Å². The van der Waals surface area contributed by atoms with Gasteiger partial charge in [-0.2, -0.15) is 30.9 Å². The topological polar surface area (TPSA) is 407 Å². The predicted molar refractivity (Wildman–Crippen MR) is 300 cm³/mol. The lowest BCUT2D eigenvalue weighted by molar-refractivity contribution is -0.147. The van der Waals surface area contributed by atoms with E-state index in [9.17, 15) is 49.7 Å². The predicted octanol–water partition coefficient (Wildman–Crippen LogP) is 5.06. The smallest absolute Gasteiger partial charge is 0.459 e. The lowest BCUT2D eigenvalue weighted by atomic mass is 9.96. The van der Waals surface area contributed by atoms with Gasteiger partial charge in [0.1, 0.15) is 109 Å². The maximum atomic E-state index is 14.0. The molecule has 10 N–H and O–H groups in total. The highest BCUT2D eigenvalue weighted by atomic mass is 31.2. The number of nitrogen functional groups attached to an aromatic ring is 2. The van der Waals surface area contributed by atoms with E-state index < -0.39 is 101 Å². The van der Waals surface area contributed by atoms with E-state index in [0.717, 1.165) is 25.7 Å². The molecule has 84 heavy (non-hydrogen) atoms. The Balaban J connectivity index is 0.000000241. The van der Waals surface area contributed by atoms with Gasteiger partial charge in [0.15, 0.2) is 11.6 Å². The summed E-state index contributed by atoms with van der Waals surface area (Å²) < 4.78 is 75.8. The molecule has 2 aromatic carbocycles. The molecule has 30 heteroatoms. The van der Waals surface area contributed by atoms with Gasteiger partial charge in [0.25, 0.3) is 0 Å². The van der Waals surface area contributed by atoms with Crippen molar-refractivity contribution < 1.29 is 76.2 Å². The summed E-state index contributed by atoms with van der Waals surface area (Å²) in [5.41, 5.74) is 8.88. The van der Waals surface area contributed by atoms with Crippen LogP contribution in [0.3, 0.4) is 0 Å². The first-order valence-electron chi connectivity index (χ1n) is 27.1. The number of fused-ring (bicyclic) bond motifs is 2. The minimum absolute atomic E-state index is 0.152. The third-order valence-corrected chi connectivity index (χ3v) is 17.6. The number of para-hydroxylation sites is 2. The Morgan fingerprint density at radius 2 is 0.988 bits per heavy atom.